The molecule has 0 aromatic heterocycles. The molecule has 2 saturated carbocycles. The molecule has 0 N–H and O–H groups in total. The molecular formula is C17H30O. The fourth-order valence-corrected chi connectivity index (χ4v) is 4.37. The smallest absolute Gasteiger partial charge is 0.139 e. The lowest BCUT2D eigenvalue weighted by Gasteiger charge is -2.34. The van der Waals surface area contributed by atoms with Gasteiger partial charge in [-0.25, -0.2) is 0 Å². The van der Waals surface area contributed by atoms with Gasteiger partial charge in [-0.05, 0) is 62.7 Å². The molecule has 18 heavy (non-hydrogen) atoms. The van der Waals surface area contributed by atoms with Crippen molar-refractivity contribution in [1.82, 2.24) is 0 Å². The van der Waals surface area contributed by atoms with E-state index in [9.17, 15) is 4.79 Å². The summed E-state index contributed by atoms with van der Waals surface area (Å²) in [5.74, 6) is 3.85. The van der Waals surface area contributed by atoms with Crippen LogP contribution >= 0.6 is 0 Å². The summed E-state index contributed by atoms with van der Waals surface area (Å²) in [5.41, 5.74) is 0. The normalized spacial score (nSPS) is 41.6. The van der Waals surface area contributed by atoms with Crippen LogP contribution in [0.25, 0.3) is 0 Å². The molecule has 0 amide bonds. The predicted molar refractivity (Wildman–Crippen MR) is 76.4 cm³/mol. The third kappa shape index (κ3) is 3.36. The zero-order valence-electron chi connectivity index (χ0n) is 12.5. The van der Waals surface area contributed by atoms with Gasteiger partial charge in [0.25, 0.3) is 0 Å². The van der Waals surface area contributed by atoms with Crippen molar-refractivity contribution in [3.63, 3.8) is 0 Å². The summed E-state index contributed by atoms with van der Waals surface area (Å²) >= 11 is 0. The van der Waals surface area contributed by atoms with Gasteiger partial charge in [0.1, 0.15) is 5.78 Å². The van der Waals surface area contributed by atoms with E-state index < -0.39 is 0 Å². The molecule has 0 saturated heterocycles. The molecule has 0 aliphatic heterocycles. The number of carbonyl (C=O) groups is 1. The molecule has 2 unspecified atom stereocenters. The highest BCUT2D eigenvalue weighted by molar-refractivity contribution is 5.83. The molecular weight excluding hydrogens is 220 g/mol. The zero-order chi connectivity index (χ0) is 13.1. The monoisotopic (exact) mass is 250 g/mol. The number of carbonyl (C=O) groups excluding carboxylic acids is 1. The quantitative estimate of drug-likeness (QED) is 0.700. The van der Waals surface area contributed by atoms with Crippen LogP contribution in [-0.2, 0) is 4.79 Å². The first-order chi connectivity index (χ1) is 8.60. The Hall–Kier alpha value is -0.330. The Morgan fingerprint density at radius 3 is 1.94 bits per heavy atom. The lowest BCUT2D eigenvalue weighted by Crippen LogP contribution is -2.32. The Morgan fingerprint density at radius 2 is 1.44 bits per heavy atom. The third-order valence-corrected chi connectivity index (χ3v) is 5.41. The van der Waals surface area contributed by atoms with Gasteiger partial charge in [0, 0.05) is 11.8 Å². The lowest BCUT2D eigenvalue weighted by atomic mass is 9.69. The van der Waals surface area contributed by atoms with Gasteiger partial charge in [0.05, 0.1) is 0 Å². The molecule has 0 heterocycles. The lowest BCUT2D eigenvalue weighted by molar-refractivity contribution is -0.130. The first-order valence-electron chi connectivity index (χ1n) is 8.13. The summed E-state index contributed by atoms with van der Waals surface area (Å²) in [6.07, 6.45) is 9.90. The molecule has 2 rings (SSSR count). The molecule has 0 radical (unpaired) electrons. The molecule has 2 fully saturated rings. The molecule has 0 aromatic rings. The molecule has 2 atom stereocenters. The predicted octanol–water partition coefficient (Wildman–Crippen LogP) is 4.84. The average Bonchev–Trinajstić information content (AvgIpc) is 2.37. The number of hydrogen-bond donors (Lipinski definition) is 0. The van der Waals surface area contributed by atoms with Crippen molar-refractivity contribution in [2.45, 2.75) is 72.1 Å². The SMILES string of the molecule is CCC1CCC(C(=O)C2CC(C)CC(C)C2)CC1. The Kier molecular flexibility index (Phi) is 4.86. The van der Waals surface area contributed by atoms with Gasteiger partial charge in [-0.3, -0.25) is 4.79 Å². The third-order valence-electron chi connectivity index (χ3n) is 5.41. The van der Waals surface area contributed by atoms with E-state index in [0.29, 0.717) is 17.6 Å². The Labute approximate surface area is 113 Å². The van der Waals surface area contributed by atoms with Crippen LogP contribution in [0.3, 0.4) is 0 Å². The summed E-state index contributed by atoms with van der Waals surface area (Å²) in [7, 11) is 0. The molecule has 0 aromatic carbocycles. The summed E-state index contributed by atoms with van der Waals surface area (Å²) in [6, 6.07) is 0. The van der Waals surface area contributed by atoms with Crippen molar-refractivity contribution in [2.75, 3.05) is 0 Å². The standard InChI is InChI=1S/C17H30O/c1-4-14-5-7-15(8-6-14)17(18)16-10-12(2)9-13(3)11-16/h12-16H,4-11H2,1-3H3. The second-order valence-corrected chi connectivity index (χ2v) is 7.14. The van der Waals surface area contributed by atoms with Crippen LogP contribution in [0.5, 0.6) is 0 Å². The van der Waals surface area contributed by atoms with Crippen molar-refractivity contribution in [3.8, 4) is 0 Å². The van der Waals surface area contributed by atoms with Gasteiger partial charge in [-0.15, -0.1) is 0 Å². The highest BCUT2D eigenvalue weighted by atomic mass is 16.1. The maximum absolute atomic E-state index is 12.6. The van der Waals surface area contributed by atoms with Crippen molar-refractivity contribution in [1.29, 1.82) is 0 Å². The maximum Gasteiger partial charge on any atom is 0.139 e. The van der Waals surface area contributed by atoms with E-state index in [0.717, 1.165) is 30.6 Å². The van der Waals surface area contributed by atoms with Gasteiger partial charge < -0.3 is 0 Å². The van der Waals surface area contributed by atoms with Gasteiger partial charge in [-0.1, -0.05) is 27.2 Å². The second kappa shape index (κ2) is 6.21. The Morgan fingerprint density at radius 1 is 0.889 bits per heavy atom. The average molecular weight is 250 g/mol. The van der Waals surface area contributed by atoms with Crippen molar-refractivity contribution in [3.05, 3.63) is 0 Å². The van der Waals surface area contributed by atoms with Crippen molar-refractivity contribution < 1.29 is 4.79 Å². The summed E-state index contributed by atoms with van der Waals surface area (Å²) < 4.78 is 0. The summed E-state index contributed by atoms with van der Waals surface area (Å²) in [4.78, 5) is 12.6. The first kappa shape index (κ1) is 14.1. The highest BCUT2D eigenvalue weighted by Gasteiger charge is 2.34. The van der Waals surface area contributed by atoms with Gasteiger partial charge in [0.15, 0.2) is 0 Å². The number of ketones is 1. The van der Waals surface area contributed by atoms with E-state index in [4.69, 9.17) is 0 Å². The molecule has 104 valence electrons. The van der Waals surface area contributed by atoms with E-state index in [1.165, 1.54) is 38.5 Å². The van der Waals surface area contributed by atoms with Gasteiger partial charge in [0.2, 0.25) is 0 Å². The summed E-state index contributed by atoms with van der Waals surface area (Å²) in [6.45, 7) is 6.94. The summed E-state index contributed by atoms with van der Waals surface area (Å²) in [5, 5.41) is 0. The van der Waals surface area contributed by atoms with Crippen LogP contribution < -0.4 is 0 Å². The molecule has 0 bridgehead atoms. The minimum absolute atomic E-state index is 0.395. The van der Waals surface area contributed by atoms with Gasteiger partial charge in [-0.2, -0.15) is 0 Å². The minimum atomic E-state index is 0.395. The van der Waals surface area contributed by atoms with Crippen LogP contribution in [-0.4, -0.2) is 5.78 Å². The molecule has 1 heteroatoms. The fraction of sp³-hybridized carbons (Fsp3) is 0.941. The zero-order valence-corrected chi connectivity index (χ0v) is 12.5. The topological polar surface area (TPSA) is 17.1 Å². The second-order valence-electron chi connectivity index (χ2n) is 7.14. The van der Waals surface area contributed by atoms with Crippen molar-refractivity contribution >= 4 is 5.78 Å². The van der Waals surface area contributed by atoms with E-state index in [1.54, 1.807) is 0 Å². The van der Waals surface area contributed by atoms with E-state index in [2.05, 4.69) is 20.8 Å². The van der Waals surface area contributed by atoms with Gasteiger partial charge >= 0.3 is 0 Å². The minimum Gasteiger partial charge on any atom is -0.299 e. The van der Waals surface area contributed by atoms with E-state index in [-0.39, 0.29) is 0 Å². The number of Topliss-reactive ketones (excluding diaryl/α,β-unsaturated/α-hetero) is 1. The largest absolute Gasteiger partial charge is 0.299 e. The molecule has 2 aliphatic rings. The van der Waals surface area contributed by atoms with E-state index in [1.807, 2.05) is 0 Å². The van der Waals surface area contributed by atoms with Crippen LogP contribution in [0.1, 0.15) is 72.1 Å². The number of hydrogen-bond acceptors (Lipinski definition) is 1. The van der Waals surface area contributed by atoms with Crippen LogP contribution in [0.15, 0.2) is 0 Å². The first-order valence-corrected chi connectivity index (χ1v) is 8.13. The molecule has 0 spiro atoms. The highest BCUT2D eigenvalue weighted by Crippen LogP contribution is 2.38. The molecule has 1 nitrogen and oxygen atoms in total. The van der Waals surface area contributed by atoms with E-state index >= 15 is 0 Å². The van der Waals surface area contributed by atoms with Crippen LogP contribution in [0.2, 0.25) is 0 Å². The van der Waals surface area contributed by atoms with Crippen LogP contribution in [0, 0.1) is 29.6 Å². The van der Waals surface area contributed by atoms with Crippen LogP contribution in [0.4, 0.5) is 0 Å². The Balaban J connectivity index is 1.87. The van der Waals surface area contributed by atoms with Crippen molar-refractivity contribution in [2.24, 2.45) is 29.6 Å². The Bertz CT molecular complexity index is 265. The number of rotatable bonds is 3. The maximum atomic E-state index is 12.6. The fourth-order valence-electron chi connectivity index (χ4n) is 4.37. The molecule has 2 aliphatic carbocycles.